The van der Waals surface area contributed by atoms with Crippen LogP contribution in [-0.4, -0.2) is 39.5 Å². The fourth-order valence-electron chi connectivity index (χ4n) is 2.12. The summed E-state index contributed by atoms with van der Waals surface area (Å²) >= 11 is 0. The third kappa shape index (κ3) is 4.71. The Morgan fingerprint density at radius 2 is 1.92 bits per heavy atom. The van der Waals surface area contributed by atoms with Crippen LogP contribution in [0.4, 0.5) is 0 Å². The Balaban J connectivity index is 1.63. The van der Waals surface area contributed by atoms with Crippen molar-refractivity contribution in [2.24, 2.45) is 0 Å². The van der Waals surface area contributed by atoms with Crippen LogP contribution in [0.15, 0.2) is 65.3 Å². The van der Waals surface area contributed by atoms with Crippen LogP contribution in [0, 0.1) is 0 Å². The molecule has 2 heterocycles. The lowest BCUT2D eigenvalue weighted by atomic mass is 10.2. The van der Waals surface area contributed by atoms with E-state index in [-0.39, 0.29) is 18.6 Å². The molecule has 26 heavy (non-hydrogen) atoms. The Morgan fingerprint density at radius 3 is 2.65 bits per heavy atom. The van der Waals surface area contributed by atoms with Gasteiger partial charge in [-0.3, -0.25) is 4.79 Å². The Kier molecular flexibility index (Phi) is 5.34. The van der Waals surface area contributed by atoms with Crippen LogP contribution in [0.5, 0.6) is 0 Å². The smallest absolute Gasteiger partial charge is 0.266 e. The summed E-state index contributed by atoms with van der Waals surface area (Å²) in [6, 6.07) is 11.9. The van der Waals surface area contributed by atoms with Gasteiger partial charge in [-0.25, -0.2) is 27.5 Å². The van der Waals surface area contributed by atoms with Gasteiger partial charge in [-0.1, -0.05) is 30.3 Å². The van der Waals surface area contributed by atoms with E-state index in [9.17, 15) is 13.2 Å². The first kappa shape index (κ1) is 17.7. The quantitative estimate of drug-likeness (QED) is 0.643. The van der Waals surface area contributed by atoms with Crippen LogP contribution < -0.4 is 10.3 Å². The van der Waals surface area contributed by atoms with Gasteiger partial charge < -0.3 is 0 Å². The van der Waals surface area contributed by atoms with Crippen molar-refractivity contribution in [2.45, 2.75) is 6.54 Å². The van der Waals surface area contributed by atoms with Crippen LogP contribution in [0.25, 0.3) is 11.9 Å². The van der Waals surface area contributed by atoms with Gasteiger partial charge in [0.15, 0.2) is 5.82 Å². The van der Waals surface area contributed by atoms with Gasteiger partial charge in [0.1, 0.15) is 12.7 Å². The molecule has 9 nitrogen and oxygen atoms in total. The zero-order valence-electron chi connectivity index (χ0n) is 13.6. The van der Waals surface area contributed by atoms with Crippen LogP contribution in [0.1, 0.15) is 5.56 Å². The number of sulfonamides is 1. The second-order valence-electron chi connectivity index (χ2n) is 5.25. The molecule has 0 saturated carbocycles. The summed E-state index contributed by atoms with van der Waals surface area (Å²) in [5, 5.41) is 9.16. The molecule has 0 atom stereocenters. The minimum Gasteiger partial charge on any atom is -0.268 e. The summed E-state index contributed by atoms with van der Waals surface area (Å²) < 4.78 is 29.0. The van der Waals surface area contributed by atoms with Crippen molar-refractivity contribution in [3.63, 3.8) is 0 Å². The highest BCUT2D eigenvalue weighted by Crippen LogP contribution is 2.02. The highest BCUT2D eigenvalue weighted by Gasteiger charge is 2.07. The number of benzene rings is 1. The zero-order chi connectivity index (χ0) is 18.4. The van der Waals surface area contributed by atoms with E-state index < -0.39 is 10.0 Å². The molecule has 0 aliphatic carbocycles. The fourth-order valence-corrected chi connectivity index (χ4v) is 2.93. The number of hydrogen-bond donors (Lipinski definition) is 1. The van der Waals surface area contributed by atoms with Crippen molar-refractivity contribution in [1.82, 2.24) is 29.3 Å². The molecule has 3 rings (SSSR count). The number of hydrogen-bond acceptors (Lipinski definition) is 6. The summed E-state index contributed by atoms with van der Waals surface area (Å²) in [5.74, 6) is 0.411. The van der Waals surface area contributed by atoms with Gasteiger partial charge in [-0.2, -0.15) is 5.10 Å². The van der Waals surface area contributed by atoms with Gasteiger partial charge >= 0.3 is 0 Å². The third-order valence-electron chi connectivity index (χ3n) is 3.37. The van der Waals surface area contributed by atoms with E-state index in [0.29, 0.717) is 5.82 Å². The maximum atomic E-state index is 12.0. The lowest BCUT2D eigenvalue weighted by molar-refractivity contribution is 0.546. The van der Waals surface area contributed by atoms with Gasteiger partial charge in [-0.15, -0.1) is 5.10 Å². The van der Waals surface area contributed by atoms with Crippen molar-refractivity contribution in [3.05, 3.63) is 76.4 Å². The van der Waals surface area contributed by atoms with Gasteiger partial charge in [0.25, 0.3) is 5.56 Å². The maximum absolute atomic E-state index is 12.0. The first-order valence-corrected chi connectivity index (χ1v) is 9.24. The molecule has 10 heteroatoms. The molecule has 0 aliphatic rings. The lowest BCUT2D eigenvalue weighted by Crippen LogP contribution is -2.31. The summed E-state index contributed by atoms with van der Waals surface area (Å²) in [7, 11) is -3.62. The minimum atomic E-state index is -3.62. The van der Waals surface area contributed by atoms with Crippen molar-refractivity contribution in [2.75, 3.05) is 6.54 Å². The average Bonchev–Trinajstić information content (AvgIpc) is 3.17. The zero-order valence-corrected chi connectivity index (χ0v) is 14.5. The van der Waals surface area contributed by atoms with Crippen molar-refractivity contribution in [3.8, 4) is 5.82 Å². The standard InChI is InChI=1S/C16H16N6O3S/c23-16-7-6-15(22-13-17-12-18-22)20-21(16)10-9-19-26(24,25)11-8-14-4-2-1-3-5-14/h1-8,11-13,19H,9-10H2. The van der Waals surface area contributed by atoms with Crippen molar-refractivity contribution in [1.29, 1.82) is 0 Å². The summed E-state index contributed by atoms with van der Waals surface area (Å²) in [6.07, 6.45) is 4.30. The molecule has 0 amide bonds. The molecule has 1 aromatic carbocycles. The Hall–Kier alpha value is -3.11. The van der Waals surface area contributed by atoms with E-state index in [4.69, 9.17) is 0 Å². The lowest BCUT2D eigenvalue weighted by Gasteiger charge is -2.07. The number of nitrogens with zero attached hydrogens (tertiary/aromatic N) is 5. The van der Waals surface area contributed by atoms with Crippen molar-refractivity contribution < 1.29 is 8.42 Å². The van der Waals surface area contributed by atoms with E-state index in [0.717, 1.165) is 11.0 Å². The van der Waals surface area contributed by atoms with Gasteiger partial charge in [0.2, 0.25) is 10.0 Å². The summed E-state index contributed by atoms with van der Waals surface area (Å²) in [6.45, 7) is 0.106. The van der Waals surface area contributed by atoms with Crippen molar-refractivity contribution >= 4 is 16.1 Å². The Bertz CT molecular complexity index is 1040. The molecule has 0 saturated heterocycles. The summed E-state index contributed by atoms with van der Waals surface area (Å²) in [5.41, 5.74) is 0.434. The van der Waals surface area contributed by atoms with E-state index in [1.165, 1.54) is 40.2 Å². The highest BCUT2D eigenvalue weighted by atomic mass is 32.2. The maximum Gasteiger partial charge on any atom is 0.266 e. The monoisotopic (exact) mass is 372 g/mol. The molecule has 0 aliphatic heterocycles. The van der Waals surface area contributed by atoms with E-state index in [2.05, 4.69) is 19.9 Å². The Morgan fingerprint density at radius 1 is 1.12 bits per heavy atom. The highest BCUT2D eigenvalue weighted by molar-refractivity contribution is 7.92. The fraction of sp³-hybridized carbons (Fsp3) is 0.125. The number of aromatic nitrogens is 5. The van der Waals surface area contributed by atoms with Crippen LogP contribution in [0.3, 0.4) is 0 Å². The minimum absolute atomic E-state index is 0.0230. The van der Waals surface area contributed by atoms with E-state index in [1.807, 2.05) is 18.2 Å². The number of nitrogens with one attached hydrogen (secondary N) is 1. The molecule has 2 aromatic heterocycles. The van der Waals surface area contributed by atoms with E-state index in [1.54, 1.807) is 12.1 Å². The van der Waals surface area contributed by atoms with Gasteiger partial charge in [0, 0.05) is 18.0 Å². The van der Waals surface area contributed by atoms with Crippen LogP contribution in [0.2, 0.25) is 0 Å². The second-order valence-corrected chi connectivity index (χ2v) is 6.90. The van der Waals surface area contributed by atoms with Crippen LogP contribution in [-0.2, 0) is 16.6 Å². The van der Waals surface area contributed by atoms with Crippen LogP contribution >= 0.6 is 0 Å². The van der Waals surface area contributed by atoms with Gasteiger partial charge in [-0.05, 0) is 17.7 Å². The predicted octanol–water partition coefficient (Wildman–Crippen LogP) is 0.414. The Labute approximate surface area is 149 Å². The summed E-state index contributed by atoms with van der Waals surface area (Å²) in [4.78, 5) is 15.7. The molecular formula is C16H16N6O3S. The molecule has 0 fully saturated rings. The first-order valence-electron chi connectivity index (χ1n) is 7.69. The predicted molar refractivity (Wildman–Crippen MR) is 95.8 cm³/mol. The molecule has 3 aromatic rings. The second kappa shape index (κ2) is 7.85. The third-order valence-corrected chi connectivity index (χ3v) is 4.47. The molecule has 0 unspecified atom stereocenters. The topological polar surface area (TPSA) is 112 Å². The molecule has 134 valence electrons. The molecule has 1 N–H and O–H groups in total. The largest absolute Gasteiger partial charge is 0.268 e. The average molecular weight is 372 g/mol. The molecule has 0 spiro atoms. The molecule has 0 bridgehead atoms. The number of rotatable bonds is 7. The van der Waals surface area contributed by atoms with Gasteiger partial charge in [0.05, 0.1) is 6.54 Å². The first-order chi connectivity index (χ1) is 12.5. The molecule has 0 radical (unpaired) electrons. The SMILES string of the molecule is O=c1ccc(-n2cncn2)nn1CCNS(=O)(=O)C=Cc1ccccc1. The normalized spacial score (nSPS) is 11.8. The molecular weight excluding hydrogens is 356 g/mol. The van der Waals surface area contributed by atoms with E-state index >= 15 is 0 Å².